The molecule has 5 heteroatoms. The molecule has 0 bridgehead atoms. The molecule has 0 radical (unpaired) electrons. The third-order valence-electron chi connectivity index (χ3n) is 4.02. The summed E-state index contributed by atoms with van der Waals surface area (Å²) in [5, 5.41) is 0. The van der Waals surface area contributed by atoms with Crippen LogP contribution in [0, 0.1) is 5.92 Å². The second kappa shape index (κ2) is 7.50. The van der Waals surface area contributed by atoms with Crippen LogP contribution in [0.25, 0.3) is 0 Å². The minimum absolute atomic E-state index is 0.0864. The smallest absolute Gasteiger partial charge is 0.257 e. The first kappa shape index (κ1) is 15.9. The van der Waals surface area contributed by atoms with Crippen molar-refractivity contribution in [3.63, 3.8) is 0 Å². The third-order valence-corrected chi connectivity index (χ3v) is 4.02. The molecule has 0 N–H and O–H groups in total. The van der Waals surface area contributed by atoms with Crippen LogP contribution in [-0.2, 0) is 17.6 Å². The van der Waals surface area contributed by atoms with E-state index in [4.69, 9.17) is 4.74 Å². The first-order chi connectivity index (χ1) is 10.2. The lowest BCUT2D eigenvalue weighted by Gasteiger charge is -2.19. The van der Waals surface area contributed by atoms with Crippen molar-refractivity contribution in [2.24, 2.45) is 5.92 Å². The van der Waals surface area contributed by atoms with Crippen molar-refractivity contribution in [3.8, 4) is 0 Å². The largest absolute Gasteiger partial charge is 0.381 e. The Labute approximate surface area is 126 Å². The number of aromatic nitrogens is 2. The predicted octanol–water partition coefficient (Wildman–Crippen LogP) is 2.10. The summed E-state index contributed by atoms with van der Waals surface area (Å²) in [6, 6.07) is 0. The Morgan fingerprint density at radius 3 is 2.52 bits per heavy atom. The number of nitrogens with zero attached hydrogens (tertiary/aromatic N) is 3. The molecule has 0 saturated carbocycles. The normalized spacial score (nSPS) is 18.2. The molecule has 0 aliphatic carbocycles. The van der Waals surface area contributed by atoms with E-state index in [1.165, 1.54) is 0 Å². The van der Waals surface area contributed by atoms with Crippen LogP contribution in [0.2, 0.25) is 0 Å². The van der Waals surface area contributed by atoms with Crippen LogP contribution in [0.15, 0.2) is 6.33 Å². The molecule has 21 heavy (non-hydrogen) atoms. The average Bonchev–Trinajstić information content (AvgIpc) is 3.00. The molecule has 0 aromatic carbocycles. The van der Waals surface area contributed by atoms with Gasteiger partial charge >= 0.3 is 0 Å². The van der Waals surface area contributed by atoms with Crippen LogP contribution in [0.5, 0.6) is 0 Å². The Kier molecular flexibility index (Phi) is 5.67. The van der Waals surface area contributed by atoms with Gasteiger partial charge in [0.05, 0.1) is 23.6 Å². The number of amides is 1. The van der Waals surface area contributed by atoms with Gasteiger partial charge in [-0.1, -0.05) is 13.8 Å². The second-order valence-electron chi connectivity index (χ2n) is 5.41. The van der Waals surface area contributed by atoms with E-state index in [1.54, 1.807) is 6.33 Å². The van der Waals surface area contributed by atoms with Crippen LogP contribution < -0.4 is 0 Å². The molecule has 2 heterocycles. The van der Waals surface area contributed by atoms with E-state index in [2.05, 4.69) is 9.97 Å². The zero-order valence-corrected chi connectivity index (χ0v) is 13.3. The topological polar surface area (TPSA) is 55.3 Å². The van der Waals surface area contributed by atoms with Gasteiger partial charge in [0, 0.05) is 25.6 Å². The number of likely N-dealkylation sites (tertiary alicyclic amines) is 1. The highest BCUT2D eigenvalue weighted by Crippen LogP contribution is 2.22. The lowest BCUT2D eigenvalue weighted by Crippen LogP contribution is -2.31. The summed E-state index contributed by atoms with van der Waals surface area (Å²) in [5.41, 5.74) is 2.44. The molecule has 5 nitrogen and oxygen atoms in total. The van der Waals surface area contributed by atoms with E-state index in [9.17, 15) is 4.79 Å². The second-order valence-corrected chi connectivity index (χ2v) is 5.41. The fraction of sp³-hybridized carbons (Fsp3) is 0.688. The van der Waals surface area contributed by atoms with Gasteiger partial charge in [-0.3, -0.25) is 4.79 Å². The Bertz CT molecular complexity index is 468. The van der Waals surface area contributed by atoms with Crippen LogP contribution in [0.3, 0.4) is 0 Å². The number of aryl methyl sites for hydroxylation is 2. The summed E-state index contributed by atoms with van der Waals surface area (Å²) in [6.07, 6.45) is 4.10. The van der Waals surface area contributed by atoms with Crippen LogP contribution in [0.4, 0.5) is 0 Å². The number of carbonyl (C=O) groups is 1. The van der Waals surface area contributed by atoms with Gasteiger partial charge in [-0.25, -0.2) is 9.97 Å². The molecule has 1 saturated heterocycles. The summed E-state index contributed by atoms with van der Waals surface area (Å²) in [4.78, 5) is 23.3. The Morgan fingerprint density at radius 1 is 1.29 bits per heavy atom. The van der Waals surface area contributed by atoms with E-state index in [0.717, 1.165) is 62.5 Å². The zero-order valence-electron chi connectivity index (χ0n) is 13.3. The van der Waals surface area contributed by atoms with Gasteiger partial charge in [-0.15, -0.1) is 0 Å². The van der Waals surface area contributed by atoms with Gasteiger partial charge in [-0.05, 0) is 26.2 Å². The van der Waals surface area contributed by atoms with Gasteiger partial charge in [0.15, 0.2) is 0 Å². The van der Waals surface area contributed by atoms with E-state index in [1.807, 2.05) is 25.7 Å². The molecule has 1 amide bonds. The molecular formula is C16H25N3O2. The zero-order chi connectivity index (χ0) is 15.2. The SMILES string of the molecule is CCOCC1CCN(C(=O)c2c(CC)ncnc2CC)C1. The van der Waals surface area contributed by atoms with Crippen LogP contribution in [-0.4, -0.2) is 47.1 Å². The van der Waals surface area contributed by atoms with Crippen molar-refractivity contribution in [3.05, 3.63) is 23.3 Å². The average molecular weight is 291 g/mol. The van der Waals surface area contributed by atoms with E-state index in [-0.39, 0.29) is 5.91 Å². The van der Waals surface area contributed by atoms with Crippen molar-refractivity contribution in [1.82, 2.24) is 14.9 Å². The summed E-state index contributed by atoms with van der Waals surface area (Å²) < 4.78 is 5.48. The molecule has 2 rings (SSSR count). The standard InChI is InChI=1S/C16H25N3O2/c1-4-13-15(14(5-2)18-11-17-13)16(20)19-8-7-12(9-19)10-21-6-3/h11-12H,4-10H2,1-3H3. The molecule has 1 aliphatic rings. The molecule has 116 valence electrons. The van der Waals surface area contributed by atoms with Crippen molar-refractivity contribution in [2.75, 3.05) is 26.3 Å². The Balaban J connectivity index is 2.14. The highest BCUT2D eigenvalue weighted by Gasteiger charge is 2.29. The molecule has 0 spiro atoms. The van der Waals surface area contributed by atoms with E-state index in [0.29, 0.717) is 5.92 Å². The van der Waals surface area contributed by atoms with Gasteiger partial charge in [0.25, 0.3) is 5.91 Å². The quantitative estimate of drug-likeness (QED) is 0.805. The number of ether oxygens (including phenoxy) is 1. The molecule has 1 aromatic rings. The lowest BCUT2D eigenvalue weighted by atomic mass is 10.1. The Hall–Kier alpha value is -1.49. The highest BCUT2D eigenvalue weighted by atomic mass is 16.5. The molecule has 1 fully saturated rings. The number of hydrogen-bond acceptors (Lipinski definition) is 4. The van der Waals surface area contributed by atoms with E-state index >= 15 is 0 Å². The van der Waals surface area contributed by atoms with Crippen LogP contribution in [0.1, 0.15) is 48.9 Å². The van der Waals surface area contributed by atoms with Gasteiger partial charge in [-0.2, -0.15) is 0 Å². The minimum atomic E-state index is 0.0864. The van der Waals surface area contributed by atoms with Gasteiger partial charge in [0.1, 0.15) is 6.33 Å². The van der Waals surface area contributed by atoms with Crippen molar-refractivity contribution < 1.29 is 9.53 Å². The lowest BCUT2D eigenvalue weighted by molar-refractivity contribution is 0.0759. The summed E-state index contributed by atoms with van der Waals surface area (Å²) in [5.74, 6) is 0.539. The predicted molar refractivity (Wildman–Crippen MR) is 81.3 cm³/mol. The third kappa shape index (κ3) is 3.59. The molecule has 1 aliphatic heterocycles. The molecule has 1 unspecified atom stereocenters. The van der Waals surface area contributed by atoms with Crippen molar-refractivity contribution >= 4 is 5.91 Å². The van der Waals surface area contributed by atoms with Crippen LogP contribution >= 0.6 is 0 Å². The summed E-state index contributed by atoms with van der Waals surface area (Å²) in [7, 11) is 0. The van der Waals surface area contributed by atoms with Gasteiger partial charge in [0.2, 0.25) is 0 Å². The highest BCUT2D eigenvalue weighted by molar-refractivity contribution is 5.96. The van der Waals surface area contributed by atoms with Crippen molar-refractivity contribution in [1.29, 1.82) is 0 Å². The fourth-order valence-corrected chi connectivity index (χ4v) is 2.84. The number of rotatable bonds is 6. The Morgan fingerprint density at radius 2 is 1.95 bits per heavy atom. The fourth-order valence-electron chi connectivity index (χ4n) is 2.84. The molecular weight excluding hydrogens is 266 g/mol. The summed E-state index contributed by atoms with van der Waals surface area (Å²) >= 11 is 0. The minimum Gasteiger partial charge on any atom is -0.381 e. The maximum Gasteiger partial charge on any atom is 0.257 e. The number of hydrogen-bond donors (Lipinski definition) is 0. The molecule has 1 aromatic heterocycles. The van der Waals surface area contributed by atoms with Crippen molar-refractivity contribution in [2.45, 2.75) is 40.0 Å². The first-order valence-electron chi connectivity index (χ1n) is 7.90. The van der Waals surface area contributed by atoms with Gasteiger partial charge < -0.3 is 9.64 Å². The molecule has 1 atom stereocenters. The monoisotopic (exact) mass is 291 g/mol. The maximum atomic E-state index is 12.8. The summed E-state index contributed by atoms with van der Waals surface area (Å²) in [6.45, 7) is 9.11. The van der Waals surface area contributed by atoms with E-state index < -0.39 is 0 Å². The first-order valence-corrected chi connectivity index (χ1v) is 7.90. The number of carbonyl (C=O) groups excluding carboxylic acids is 1. The maximum absolute atomic E-state index is 12.8.